The number of hydrogen-bond acceptors (Lipinski definition) is 6. The molecule has 6 heteroatoms. The molecular weight excluding hydrogens is 781 g/mol. The van der Waals surface area contributed by atoms with Crippen LogP contribution in [0.4, 0.5) is 0 Å². The molecule has 1 unspecified atom stereocenters. The maximum atomic E-state index is 12.8. The summed E-state index contributed by atoms with van der Waals surface area (Å²) in [7, 11) is 0. The molecule has 0 rings (SSSR count). The molecule has 356 valence electrons. The third-order valence-electron chi connectivity index (χ3n) is 10.4. The zero-order valence-electron chi connectivity index (χ0n) is 40.5. The van der Waals surface area contributed by atoms with Gasteiger partial charge >= 0.3 is 17.9 Å². The second-order valence-corrected chi connectivity index (χ2v) is 16.5. The third kappa shape index (κ3) is 49.0. The average molecular weight is 873 g/mol. The molecule has 0 aromatic carbocycles. The van der Waals surface area contributed by atoms with Crippen LogP contribution in [-0.2, 0) is 28.6 Å². The van der Waals surface area contributed by atoms with Gasteiger partial charge in [-0.25, -0.2) is 0 Å². The lowest BCUT2D eigenvalue weighted by atomic mass is 10.1. The number of carbonyl (C=O) groups excluding carboxylic acids is 3. The van der Waals surface area contributed by atoms with E-state index < -0.39 is 6.10 Å². The van der Waals surface area contributed by atoms with E-state index in [0.29, 0.717) is 19.3 Å². The minimum Gasteiger partial charge on any atom is -0.462 e. The van der Waals surface area contributed by atoms with Gasteiger partial charge in [0, 0.05) is 19.3 Å². The van der Waals surface area contributed by atoms with Crippen molar-refractivity contribution in [1.82, 2.24) is 0 Å². The van der Waals surface area contributed by atoms with Crippen LogP contribution in [0.3, 0.4) is 0 Å². The Morgan fingerprint density at radius 1 is 0.349 bits per heavy atom. The Bertz CT molecular complexity index is 1330. The Morgan fingerprint density at radius 3 is 1.17 bits per heavy atom. The number of ether oxygens (including phenoxy) is 3. The Balaban J connectivity index is 4.49. The van der Waals surface area contributed by atoms with Gasteiger partial charge in [0.2, 0.25) is 0 Å². The van der Waals surface area contributed by atoms with Crippen LogP contribution in [0.1, 0.15) is 213 Å². The highest BCUT2D eigenvalue weighted by atomic mass is 16.6. The van der Waals surface area contributed by atoms with Gasteiger partial charge in [0.15, 0.2) is 6.10 Å². The van der Waals surface area contributed by atoms with E-state index in [9.17, 15) is 14.4 Å². The molecule has 0 aromatic heterocycles. The number of allylic oxidation sites excluding steroid dienone is 18. The first-order valence-electron chi connectivity index (χ1n) is 25.5. The number of esters is 3. The highest BCUT2D eigenvalue weighted by Gasteiger charge is 2.19. The maximum absolute atomic E-state index is 12.8. The highest BCUT2D eigenvalue weighted by molar-refractivity contribution is 5.71. The van der Waals surface area contributed by atoms with E-state index in [-0.39, 0.29) is 31.1 Å². The van der Waals surface area contributed by atoms with Crippen molar-refractivity contribution in [2.24, 2.45) is 0 Å². The number of rotatable bonds is 44. The molecule has 0 heterocycles. The lowest BCUT2D eigenvalue weighted by molar-refractivity contribution is -0.167. The van der Waals surface area contributed by atoms with Crippen LogP contribution in [0.25, 0.3) is 0 Å². The molecule has 0 aromatic rings. The van der Waals surface area contributed by atoms with Gasteiger partial charge in [-0.3, -0.25) is 14.4 Å². The monoisotopic (exact) mass is 873 g/mol. The Kier molecular flexibility index (Phi) is 47.5. The number of hydrogen-bond donors (Lipinski definition) is 0. The van der Waals surface area contributed by atoms with Gasteiger partial charge < -0.3 is 14.2 Å². The number of carbonyl (C=O) groups is 3. The van der Waals surface area contributed by atoms with Crippen molar-refractivity contribution in [2.45, 2.75) is 219 Å². The zero-order valence-corrected chi connectivity index (χ0v) is 40.5. The average Bonchev–Trinajstić information content (AvgIpc) is 3.28. The molecule has 0 fully saturated rings. The van der Waals surface area contributed by atoms with Gasteiger partial charge in [-0.2, -0.15) is 0 Å². The molecule has 0 spiro atoms. The van der Waals surface area contributed by atoms with Crippen LogP contribution in [0.5, 0.6) is 0 Å². The summed E-state index contributed by atoms with van der Waals surface area (Å²) in [6.45, 7) is 6.35. The van der Waals surface area contributed by atoms with Gasteiger partial charge in [0.1, 0.15) is 13.2 Å². The fourth-order valence-corrected chi connectivity index (χ4v) is 6.56. The zero-order chi connectivity index (χ0) is 45.8. The Hall–Kier alpha value is -3.93. The van der Waals surface area contributed by atoms with Crippen LogP contribution >= 0.6 is 0 Å². The van der Waals surface area contributed by atoms with Gasteiger partial charge in [-0.05, 0) is 89.9 Å². The molecule has 0 radical (unpaired) electrons. The predicted molar refractivity (Wildman–Crippen MR) is 270 cm³/mol. The van der Waals surface area contributed by atoms with E-state index in [1.165, 1.54) is 44.9 Å². The fourth-order valence-electron chi connectivity index (χ4n) is 6.56. The molecule has 0 saturated carbocycles. The normalized spacial score (nSPS) is 13.0. The lowest BCUT2D eigenvalue weighted by Gasteiger charge is -2.18. The van der Waals surface area contributed by atoms with E-state index in [2.05, 4.69) is 99.8 Å². The SMILES string of the molecule is CC/C=C\C/C=C\CCCCCCCC(=O)OCC(COC(=O)CCCCCCC\C=C/C=C\C=C/C=C\C=C/CCC)OC(=O)CCCCCCCC/C=C\C=C/CCCCC. The summed E-state index contributed by atoms with van der Waals surface area (Å²) in [5, 5.41) is 0. The maximum Gasteiger partial charge on any atom is 0.306 e. The van der Waals surface area contributed by atoms with Crippen LogP contribution in [-0.4, -0.2) is 37.2 Å². The summed E-state index contributed by atoms with van der Waals surface area (Å²) in [4.78, 5) is 38.0. The van der Waals surface area contributed by atoms with Gasteiger partial charge in [0.25, 0.3) is 0 Å². The predicted octanol–water partition coefficient (Wildman–Crippen LogP) is 16.8. The van der Waals surface area contributed by atoms with E-state index in [1.54, 1.807) is 0 Å². The quantitative estimate of drug-likeness (QED) is 0.0199. The standard InChI is InChI=1S/C57H92O6/c1-4-7-10-13-16-19-22-25-27-28-29-31-32-35-38-41-44-47-50-56(59)62-53-54(52-61-55(58)49-46-43-40-37-34-24-21-18-15-12-9-6-3)63-57(60)51-48-45-42-39-36-33-30-26-23-20-17-14-11-8-5-2/h9-10,12-13,16-23,25-29,31,54H,4-8,11,14-15,24,30,32-53H2,1-3H3/b12-9-,13-10-,19-16-,20-17-,21-18-,25-22-,26-23-,28-27-,31-29-. The van der Waals surface area contributed by atoms with Crippen molar-refractivity contribution >= 4 is 17.9 Å². The third-order valence-corrected chi connectivity index (χ3v) is 10.4. The summed E-state index contributed by atoms with van der Waals surface area (Å²) >= 11 is 0. The summed E-state index contributed by atoms with van der Waals surface area (Å²) in [5.74, 6) is -0.958. The molecule has 0 N–H and O–H groups in total. The lowest BCUT2D eigenvalue weighted by Crippen LogP contribution is -2.30. The highest BCUT2D eigenvalue weighted by Crippen LogP contribution is 2.13. The molecule has 1 atom stereocenters. The largest absolute Gasteiger partial charge is 0.462 e. The van der Waals surface area contributed by atoms with Gasteiger partial charge in [-0.1, -0.05) is 214 Å². The van der Waals surface area contributed by atoms with E-state index in [4.69, 9.17) is 14.2 Å². The summed E-state index contributed by atoms with van der Waals surface area (Å²) in [6.07, 6.45) is 67.7. The van der Waals surface area contributed by atoms with E-state index in [0.717, 1.165) is 128 Å². The molecule has 63 heavy (non-hydrogen) atoms. The van der Waals surface area contributed by atoms with Gasteiger partial charge in [-0.15, -0.1) is 0 Å². The first-order valence-corrected chi connectivity index (χ1v) is 25.5. The molecule has 0 bridgehead atoms. The van der Waals surface area contributed by atoms with Crippen molar-refractivity contribution in [3.05, 3.63) is 109 Å². The molecular formula is C57H92O6. The van der Waals surface area contributed by atoms with Crippen molar-refractivity contribution in [3.63, 3.8) is 0 Å². The Morgan fingerprint density at radius 2 is 0.714 bits per heavy atom. The smallest absolute Gasteiger partial charge is 0.306 e. The molecule has 0 amide bonds. The molecule has 0 aliphatic heterocycles. The van der Waals surface area contributed by atoms with Crippen LogP contribution in [0.2, 0.25) is 0 Å². The fraction of sp³-hybridized carbons (Fsp3) is 0.632. The second kappa shape index (κ2) is 50.7. The first-order chi connectivity index (χ1) is 31.0. The Labute approximate surface area is 387 Å². The van der Waals surface area contributed by atoms with Crippen LogP contribution in [0, 0.1) is 0 Å². The molecule has 0 aliphatic carbocycles. The van der Waals surface area contributed by atoms with Crippen LogP contribution < -0.4 is 0 Å². The second-order valence-electron chi connectivity index (χ2n) is 16.5. The van der Waals surface area contributed by atoms with Crippen molar-refractivity contribution in [2.75, 3.05) is 13.2 Å². The van der Waals surface area contributed by atoms with Crippen molar-refractivity contribution in [3.8, 4) is 0 Å². The van der Waals surface area contributed by atoms with Crippen molar-refractivity contribution < 1.29 is 28.6 Å². The topological polar surface area (TPSA) is 78.9 Å². The first kappa shape index (κ1) is 59.1. The number of unbranched alkanes of at least 4 members (excludes halogenated alkanes) is 20. The summed E-state index contributed by atoms with van der Waals surface area (Å²) < 4.78 is 16.7. The minimum absolute atomic E-state index is 0.101. The summed E-state index contributed by atoms with van der Waals surface area (Å²) in [5.41, 5.74) is 0. The molecule has 0 saturated heterocycles. The van der Waals surface area contributed by atoms with Gasteiger partial charge in [0.05, 0.1) is 0 Å². The van der Waals surface area contributed by atoms with E-state index >= 15 is 0 Å². The molecule has 6 nitrogen and oxygen atoms in total. The van der Waals surface area contributed by atoms with E-state index in [1.807, 2.05) is 30.4 Å². The van der Waals surface area contributed by atoms with Crippen molar-refractivity contribution in [1.29, 1.82) is 0 Å². The molecule has 0 aliphatic rings. The van der Waals surface area contributed by atoms with Crippen LogP contribution in [0.15, 0.2) is 109 Å². The summed E-state index contributed by atoms with van der Waals surface area (Å²) in [6, 6.07) is 0. The minimum atomic E-state index is -0.802.